The van der Waals surface area contributed by atoms with E-state index in [-0.39, 0.29) is 17.1 Å². The summed E-state index contributed by atoms with van der Waals surface area (Å²) in [6.45, 7) is 0.572. The van der Waals surface area contributed by atoms with Crippen molar-refractivity contribution in [3.05, 3.63) is 64.8 Å². The molecule has 0 spiro atoms. The van der Waals surface area contributed by atoms with Gasteiger partial charge >= 0.3 is 0 Å². The maximum absolute atomic E-state index is 12.4. The zero-order valence-corrected chi connectivity index (χ0v) is 18.1. The van der Waals surface area contributed by atoms with Crippen molar-refractivity contribution in [2.75, 3.05) is 17.6 Å². The van der Waals surface area contributed by atoms with Gasteiger partial charge in [-0.05, 0) is 54.7 Å². The molecule has 7 heteroatoms. The molecule has 5 nitrogen and oxygen atoms in total. The lowest BCUT2D eigenvalue weighted by molar-refractivity contribution is -0.120. The summed E-state index contributed by atoms with van der Waals surface area (Å²) in [6, 6.07) is 13.7. The average molecular weight is 442 g/mol. The van der Waals surface area contributed by atoms with E-state index in [4.69, 9.17) is 11.6 Å². The lowest BCUT2D eigenvalue weighted by Crippen LogP contribution is -2.27. The van der Waals surface area contributed by atoms with E-state index in [2.05, 4.69) is 21.7 Å². The summed E-state index contributed by atoms with van der Waals surface area (Å²) in [7, 11) is 0. The van der Waals surface area contributed by atoms with E-state index in [0.29, 0.717) is 23.7 Å². The minimum absolute atomic E-state index is 0.0117. The molecule has 2 heterocycles. The number of H-pyrrole nitrogens is 1. The van der Waals surface area contributed by atoms with E-state index in [1.807, 2.05) is 42.6 Å². The number of carbonyl (C=O) groups is 2. The van der Waals surface area contributed by atoms with Gasteiger partial charge in [0.05, 0.1) is 5.25 Å². The van der Waals surface area contributed by atoms with Gasteiger partial charge in [-0.25, -0.2) is 0 Å². The first kappa shape index (κ1) is 20.8. The fourth-order valence-corrected chi connectivity index (χ4v) is 4.98. The highest BCUT2D eigenvalue weighted by Crippen LogP contribution is 2.27. The first-order valence-corrected chi connectivity index (χ1v) is 11.6. The van der Waals surface area contributed by atoms with Crippen molar-refractivity contribution in [2.45, 2.75) is 30.9 Å². The van der Waals surface area contributed by atoms with Gasteiger partial charge in [0.15, 0.2) is 0 Å². The summed E-state index contributed by atoms with van der Waals surface area (Å²) in [5.74, 6) is 0.671. The lowest BCUT2D eigenvalue weighted by atomic mass is 10.1. The van der Waals surface area contributed by atoms with Crippen molar-refractivity contribution in [3.63, 3.8) is 0 Å². The largest absolute Gasteiger partial charge is 0.361 e. The van der Waals surface area contributed by atoms with Crippen molar-refractivity contribution >= 4 is 51.8 Å². The molecule has 156 valence electrons. The second-order valence-corrected chi connectivity index (χ2v) is 9.15. The Morgan fingerprint density at radius 2 is 2.10 bits per heavy atom. The van der Waals surface area contributed by atoms with E-state index < -0.39 is 0 Å². The number of halogens is 1. The zero-order chi connectivity index (χ0) is 20.9. The maximum atomic E-state index is 12.4. The molecule has 4 rings (SSSR count). The average Bonchev–Trinajstić information content (AvgIpc) is 3.05. The van der Waals surface area contributed by atoms with Gasteiger partial charge in [-0.2, -0.15) is 0 Å². The summed E-state index contributed by atoms with van der Waals surface area (Å²) in [5, 5.41) is 7.65. The van der Waals surface area contributed by atoms with Gasteiger partial charge in [0.2, 0.25) is 11.8 Å². The molecule has 0 fully saturated rings. The number of thioether (sulfide) groups is 1. The Bertz CT molecular complexity index is 1070. The van der Waals surface area contributed by atoms with Gasteiger partial charge < -0.3 is 15.6 Å². The van der Waals surface area contributed by atoms with Crippen molar-refractivity contribution in [3.8, 4) is 0 Å². The molecule has 2 amide bonds. The van der Waals surface area contributed by atoms with E-state index in [1.165, 1.54) is 5.56 Å². The van der Waals surface area contributed by atoms with E-state index in [0.717, 1.165) is 41.4 Å². The number of aromatic nitrogens is 1. The summed E-state index contributed by atoms with van der Waals surface area (Å²) >= 11 is 7.65. The standard InChI is InChI=1S/C23H24ClN3O2S/c24-17-6-7-20-18(13-17)16(14-26-20)9-11-25-22(28)10-12-30-21-8-5-15-3-1-2-4-19(15)27-23(21)29/h1-4,6-7,13-14,21,26H,5,8-12H2,(H,25,28)(H,27,29)/t21-/m1/s1. The number of carbonyl (C=O) groups excluding carboxylic acids is 2. The summed E-state index contributed by atoms with van der Waals surface area (Å²) in [6.07, 6.45) is 4.76. The number of aryl methyl sites for hydroxylation is 1. The fraction of sp³-hybridized carbons (Fsp3) is 0.304. The quantitative estimate of drug-likeness (QED) is 0.503. The molecule has 0 aliphatic carbocycles. The number of nitrogens with one attached hydrogen (secondary N) is 3. The summed E-state index contributed by atoms with van der Waals surface area (Å²) in [5.41, 5.74) is 4.25. The van der Waals surface area contributed by atoms with Crippen LogP contribution in [0.15, 0.2) is 48.7 Å². The Hall–Kier alpha value is -2.44. The smallest absolute Gasteiger partial charge is 0.237 e. The van der Waals surface area contributed by atoms with Gasteiger partial charge in [-0.1, -0.05) is 29.8 Å². The molecule has 1 aliphatic heterocycles. The van der Waals surface area contributed by atoms with Gasteiger partial charge in [0, 0.05) is 46.5 Å². The second kappa shape index (κ2) is 9.58. The van der Waals surface area contributed by atoms with Gasteiger partial charge in [0.1, 0.15) is 0 Å². The molecule has 0 unspecified atom stereocenters. The Morgan fingerprint density at radius 1 is 1.23 bits per heavy atom. The van der Waals surface area contributed by atoms with Crippen LogP contribution in [0.4, 0.5) is 5.69 Å². The summed E-state index contributed by atoms with van der Waals surface area (Å²) in [4.78, 5) is 27.9. The zero-order valence-electron chi connectivity index (χ0n) is 16.5. The molecule has 0 saturated heterocycles. The highest BCUT2D eigenvalue weighted by molar-refractivity contribution is 8.00. The Labute approximate surface area is 185 Å². The first-order valence-electron chi connectivity index (χ1n) is 10.1. The van der Waals surface area contributed by atoms with E-state index >= 15 is 0 Å². The lowest BCUT2D eigenvalue weighted by Gasteiger charge is -2.12. The molecule has 3 N–H and O–H groups in total. The third-order valence-corrected chi connectivity index (χ3v) is 6.86. The molecule has 0 saturated carbocycles. The van der Waals surface area contributed by atoms with Crippen LogP contribution in [0.5, 0.6) is 0 Å². The Balaban J connectivity index is 1.20. The van der Waals surface area contributed by atoms with E-state index in [1.54, 1.807) is 11.8 Å². The number of hydrogen-bond acceptors (Lipinski definition) is 3. The molecule has 1 aliphatic rings. The molecule has 0 radical (unpaired) electrons. The predicted octanol–water partition coefficient (Wildman–Crippen LogP) is 4.56. The van der Waals surface area contributed by atoms with Crippen LogP contribution in [-0.4, -0.2) is 34.3 Å². The minimum atomic E-state index is -0.124. The maximum Gasteiger partial charge on any atom is 0.237 e. The Morgan fingerprint density at radius 3 is 3.00 bits per heavy atom. The predicted molar refractivity (Wildman–Crippen MR) is 124 cm³/mol. The monoisotopic (exact) mass is 441 g/mol. The van der Waals surface area contributed by atoms with Crippen molar-refractivity contribution in [2.24, 2.45) is 0 Å². The van der Waals surface area contributed by atoms with Crippen molar-refractivity contribution in [1.82, 2.24) is 10.3 Å². The minimum Gasteiger partial charge on any atom is -0.361 e. The highest BCUT2D eigenvalue weighted by Gasteiger charge is 2.23. The van der Waals surface area contributed by atoms with Crippen LogP contribution in [0.1, 0.15) is 24.0 Å². The van der Waals surface area contributed by atoms with Crippen LogP contribution in [0.2, 0.25) is 5.02 Å². The normalized spacial score (nSPS) is 16.0. The van der Waals surface area contributed by atoms with Crippen LogP contribution in [0.3, 0.4) is 0 Å². The SMILES string of the molecule is O=C(CCS[C@@H]1CCc2ccccc2NC1=O)NCCc1c[nH]c2ccc(Cl)cc12. The molecule has 1 aromatic heterocycles. The van der Waals surface area contributed by atoms with Gasteiger partial charge in [0.25, 0.3) is 0 Å². The third kappa shape index (κ3) is 4.99. The molecular formula is C23H24ClN3O2S. The van der Waals surface area contributed by atoms with Crippen LogP contribution >= 0.6 is 23.4 Å². The van der Waals surface area contributed by atoms with Gasteiger partial charge in [-0.3, -0.25) is 9.59 Å². The number of hydrogen-bond donors (Lipinski definition) is 3. The van der Waals surface area contributed by atoms with Crippen LogP contribution in [0, 0.1) is 0 Å². The molecule has 2 aromatic carbocycles. The highest BCUT2D eigenvalue weighted by atomic mass is 35.5. The summed E-state index contributed by atoms with van der Waals surface area (Å²) < 4.78 is 0. The van der Waals surface area contributed by atoms with Crippen LogP contribution in [0.25, 0.3) is 10.9 Å². The first-order chi connectivity index (χ1) is 14.6. The van der Waals surface area contributed by atoms with Crippen molar-refractivity contribution in [1.29, 1.82) is 0 Å². The van der Waals surface area contributed by atoms with Crippen molar-refractivity contribution < 1.29 is 9.59 Å². The molecular weight excluding hydrogens is 418 g/mol. The van der Waals surface area contributed by atoms with Crippen LogP contribution < -0.4 is 10.6 Å². The molecule has 3 aromatic rings. The Kier molecular flexibility index (Phi) is 6.65. The number of amides is 2. The van der Waals surface area contributed by atoms with E-state index in [9.17, 15) is 9.59 Å². The topological polar surface area (TPSA) is 74.0 Å². The number of para-hydroxylation sites is 1. The fourth-order valence-electron chi connectivity index (χ4n) is 3.73. The third-order valence-electron chi connectivity index (χ3n) is 5.34. The number of aromatic amines is 1. The molecule has 1 atom stereocenters. The number of fused-ring (bicyclic) bond motifs is 2. The number of anilines is 1. The molecule has 0 bridgehead atoms. The number of rotatable bonds is 7. The molecule has 30 heavy (non-hydrogen) atoms. The second-order valence-electron chi connectivity index (χ2n) is 7.40. The van der Waals surface area contributed by atoms with Gasteiger partial charge in [-0.15, -0.1) is 11.8 Å². The van der Waals surface area contributed by atoms with Crippen LogP contribution in [-0.2, 0) is 22.4 Å². The number of benzene rings is 2.